The van der Waals surface area contributed by atoms with Crippen LogP contribution in [0, 0.1) is 5.92 Å². The Morgan fingerprint density at radius 1 is 1.31 bits per heavy atom. The standard InChI is InChI=1S/C19H32N4O2.HI/c1-20-19(23-11-10-15(13-23)14-24-4)21-12-18(22(2)3)16-6-8-17(25-5)9-7-16;/h6-9,15,18H,10-14H2,1-5H3,(H,20,21);1H. The average molecular weight is 476 g/mol. The molecule has 0 radical (unpaired) electrons. The molecule has 1 heterocycles. The molecule has 1 fully saturated rings. The summed E-state index contributed by atoms with van der Waals surface area (Å²) >= 11 is 0. The third-order valence-corrected chi connectivity index (χ3v) is 4.78. The third-order valence-electron chi connectivity index (χ3n) is 4.78. The smallest absolute Gasteiger partial charge is 0.193 e. The van der Waals surface area contributed by atoms with E-state index in [1.165, 1.54) is 5.56 Å². The Balaban J connectivity index is 0.00000338. The van der Waals surface area contributed by atoms with Gasteiger partial charge in [0.2, 0.25) is 0 Å². The second-order valence-corrected chi connectivity index (χ2v) is 6.74. The molecular formula is C19H33IN4O2. The summed E-state index contributed by atoms with van der Waals surface area (Å²) in [6.45, 7) is 3.66. The van der Waals surface area contributed by atoms with Gasteiger partial charge in [0.15, 0.2) is 5.96 Å². The number of guanidine groups is 1. The van der Waals surface area contributed by atoms with Gasteiger partial charge in [0, 0.05) is 39.7 Å². The van der Waals surface area contributed by atoms with Crippen LogP contribution < -0.4 is 10.1 Å². The van der Waals surface area contributed by atoms with Crippen molar-refractivity contribution in [2.24, 2.45) is 10.9 Å². The number of hydrogen-bond acceptors (Lipinski definition) is 4. The Bertz CT molecular complexity index is 551. The lowest BCUT2D eigenvalue weighted by molar-refractivity contribution is 0.157. The van der Waals surface area contributed by atoms with Crippen LogP contribution in [0.15, 0.2) is 29.3 Å². The quantitative estimate of drug-likeness (QED) is 0.372. The second kappa shape index (κ2) is 11.6. The molecule has 26 heavy (non-hydrogen) atoms. The van der Waals surface area contributed by atoms with Crippen LogP contribution in [0.1, 0.15) is 18.0 Å². The van der Waals surface area contributed by atoms with Gasteiger partial charge in [-0.25, -0.2) is 0 Å². The summed E-state index contributed by atoms with van der Waals surface area (Å²) in [6, 6.07) is 8.53. The summed E-state index contributed by atoms with van der Waals surface area (Å²) in [5.41, 5.74) is 1.26. The molecule has 0 bridgehead atoms. The summed E-state index contributed by atoms with van der Waals surface area (Å²) in [6.07, 6.45) is 1.16. The summed E-state index contributed by atoms with van der Waals surface area (Å²) in [5, 5.41) is 3.54. The van der Waals surface area contributed by atoms with Gasteiger partial charge in [-0.3, -0.25) is 4.99 Å². The molecule has 1 N–H and O–H groups in total. The fourth-order valence-electron chi connectivity index (χ4n) is 3.34. The predicted octanol–water partition coefficient (Wildman–Crippen LogP) is 2.46. The normalized spacial score (nSPS) is 18.6. The molecule has 148 valence electrons. The van der Waals surface area contributed by atoms with Crippen molar-refractivity contribution in [1.29, 1.82) is 0 Å². The highest BCUT2D eigenvalue weighted by Gasteiger charge is 2.25. The Kier molecular flexibility index (Phi) is 10.3. The van der Waals surface area contributed by atoms with Crippen LogP contribution in [-0.4, -0.2) is 77.4 Å². The van der Waals surface area contributed by atoms with E-state index in [-0.39, 0.29) is 30.0 Å². The van der Waals surface area contributed by atoms with Gasteiger partial charge in [-0.2, -0.15) is 0 Å². The van der Waals surface area contributed by atoms with Crippen molar-refractivity contribution in [3.05, 3.63) is 29.8 Å². The molecule has 0 saturated carbocycles. The lowest BCUT2D eigenvalue weighted by atomic mass is 10.1. The van der Waals surface area contributed by atoms with Gasteiger partial charge in [0.1, 0.15) is 5.75 Å². The SMILES string of the molecule is CN=C(NCC(c1ccc(OC)cc1)N(C)C)N1CCC(COC)C1.I. The third kappa shape index (κ3) is 6.28. The molecule has 2 rings (SSSR count). The molecule has 1 aliphatic rings. The lowest BCUT2D eigenvalue weighted by Gasteiger charge is -2.28. The van der Waals surface area contributed by atoms with Gasteiger partial charge in [-0.05, 0) is 38.2 Å². The zero-order valence-electron chi connectivity index (χ0n) is 16.6. The molecule has 1 aromatic rings. The largest absolute Gasteiger partial charge is 0.497 e. The minimum Gasteiger partial charge on any atom is -0.497 e. The molecule has 0 aromatic heterocycles. The van der Waals surface area contributed by atoms with Gasteiger partial charge >= 0.3 is 0 Å². The van der Waals surface area contributed by atoms with Gasteiger partial charge in [-0.1, -0.05) is 12.1 Å². The summed E-state index contributed by atoms with van der Waals surface area (Å²) in [7, 11) is 9.51. The monoisotopic (exact) mass is 476 g/mol. The Morgan fingerprint density at radius 2 is 2.00 bits per heavy atom. The number of halogens is 1. The Morgan fingerprint density at radius 3 is 2.54 bits per heavy atom. The number of ether oxygens (including phenoxy) is 2. The van der Waals surface area contributed by atoms with Crippen LogP contribution in [0.4, 0.5) is 0 Å². The molecule has 6 nitrogen and oxygen atoms in total. The molecule has 1 saturated heterocycles. The molecule has 0 aliphatic carbocycles. The summed E-state index contributed by atoms with van der Waals surface area (Å²) in [4.78, 5) is 9.01. The second-order valence-electron chi connectivity index (χ2n) is 6.74. The van der Waals surface area contributed by atoms with E-state index in [0.29, 0.717) is 5.92 Å². The fraction of sp³-hybridized carbons (Fsp3) is 0.632. The highest BCUT2D eigenvalue weighted by atomic mass is 127. The van der Waals surface area contributed by atoms with E-state index >= 15 is 0 Å². The van der Waals surface area contributed by atoms with Crippen LogP contribution in [0.2, 0.25) is 0 Å². The molecule has 7 heteroatoms. The topological polar surface area (TPSA) is 49.3 Å². The van der Waals surface area contributed by atoms with Crippen molar-refractivity contribution < 1.29 is 9.47 Å². The van der Waals surface area contributed by atoms with Crippen molar-refractivity contribution in [2.45, 2.75) is 12.5 Å². The number of likely N-dealkylation sites (tertiary alicyclic amines) is 1. The molecule has 2 atom stereocenters. The lowest BCUT2D eigenvalue weighted by Crippen LogP contribution is -2.43. The van der Waals surface area contributed by atoms with Crippen molar-refractivity contribution in [1.82, 2.24) is 15.1 Å². The number of hydrogen-bond donors (Lipinski definition) is 1. The first-order valence-corrected chi connectivity index (χ1v) is 8.84. The number of benzene rings is 1. The summed E-state index contributed by atoms with van der Waals surface area (Å²) in [5.74, 6) is 2.44. The molecule has 1 aromatic carbocycles. The molecular weight excluding hydrogens is 443 g/mol. The van der Waals surface area contributed by atoms with Gasteiger partial charge in [0.05, 0.1) is 19.8 Å². The number of likely N-dealkylation sites (N-methyl/N-ethyl adjacent to an activating group) is 1. The molecule has 0 spiro atoms. The van der Waals surface area contributed by atoms with Crippen LogP contribution in [0.5, 0.6) is 5.75 Å². The van der Waals surface area contributed by atoms with E-state index in [0.717, 1.165) is 44.4 Å². The minimum atomic E-state index is 0. The average Bonchev–Trinajstić information content (AvgIpc) is 3.07. The van der Waals surface area contributed by atoms with E-state index in [4.69, 9.17) is 9.47 Å². The van der Waals surface area contributed by atoms with Crippen LogP contribution >= 0.6 is 24.0 Å². The zero-order valence-corrected chi connectivity index (χ0v) is 18.9. The first-order valence-electron chi connectivity index (χ1n) is 8.84. The first-order chi connectivity index (χ1) is 12.1. The van der Waals surface area contributed by atoms with Crippen LogP contribution in [0.25, 0.3) is 0 Å². The molecule has 2 unspecified atom stereocenters. The van der Waals surface area contributed by atoms with Crippen molar-refractivity contribution in [3.8, 4) is 5.75 Å². The highest BCUT2D eigenvalue weighted by molar-refractivity contribution is 14.0. The van der Waals surface area contributed by atoms with Gasteiger partial charge in [0.25, 0.3) is 0 Å². The maximum absolute atomic E-state index is 5.29. The van der Waals surface area contributed by atoms with Crippen LogP contribution in [0.3, 0.4) is 0 Å². The minimum absolute atomic E-state index is 0. The fourth-order valence-corrected chi connectivity index (χ4v) is 3.34. The Labute approximate surface area is 175 Å². The van der Waals surface area contributed by atoms with Gasteiger partial charge in [-0.15, -0.1) is 24.0 Å². The highest BCUT2D eigenvalue weighted by Crippen LogP contribution is 2.21. The first kappa shape index (κ1) is 23.0. The van der Waals surface area contributed by atoms with Gasteiger partial charge < -0.3 is 24.6 Å². The maximum Gasteiger partial charge on any atom is 0.193 e. The number of nitrogens with zero attached hydrogens (tertiary/aromatic N) is 3. The maximum atomic E-state index is 5.29. The molecule has 0 amide bonds. The van der Waals surface area contributed by atoms with E-state index in [2.05, 4.69) is 46.3 Å². The van der Waals surface area contributed by atoms with E-state index in [1.54, 1.807) is 14.2 Å². The van der Waals surface area contributed by atoms with Crippen LogP contribution in [-0.2, 0) is 4.74 Å². The number of aliphatic imine (C=N–C) groups is 1. The van der Waals surface area contributed by atoms with E-state index in [1.807, 2.05) is 19.2 Å². The number of methoxy groups -OCH3 is 2. The van der Waals surface area contributed by atoms with Crippen molar-refractivity contribution in [3.63, 3.8) is 0 Å². The number of nitrogens with one attached hydrogen (secondary N) is 1. The van der Waals surface area contributed by atoms with Crippen molar-refractivity contribution >= 4 is 29.9 Å². The Hall–Kier alpha value is -1.06. The predicted molar refractivity (Wildman–Crippen MR) is 118 cm³/mol. The zero-order chi connectivity index (χ0) is 18.2. The molecule has 1 aliphatic heterocycles. The number of rotatable bonds is 7. The summed E-state index contributed by atoms with van der Waals surface area (Å²) < 4.78 is 10.5. The van der Waals surface area contributed by atoms with E-state index in [9.17, 15) is 0 Å². The van der Waals surface area contributed by atoms with Crippen molar-refractivity contribution in [2.75, 3.05) is 61.6 Å². The van der Waals surface area contributed by atoms with E-state index < -0.39 is 0 Å².